The number of anilines is 1. The average Bonchev–Trinajstić information content (AvgIpc) is 3.08. The van der Waals surface area contributed by atoms with Crippen LogP contribution in [0.5, 0.6) is 0 Å². The Kier molecular flexibility index (Phi) is 6.28. The maximum absolute atomic E-state index is 12.4. The van der Waals surface area contributed by atoms with Crippen molar-refractivity contribution in [2.45, 2.75) is 44.1 Å². The Labute approximate surface area is 154 Å². The Morgan fingerprint density at radius 2 is 1.96 bits per heavy atom. The summed E-state index contributed by atoms with van der Waals surface area (Å²) in [4.78, 5) is 12.4. The number of nitrogens with one attached hydrogen (secondary N) is 2. The lowest BCUT2D eigenvalue weighted by atomic mass is 9.84. The van der Waals surface area contributed by atoms with Gasteiger partial charge in [0.1, 0.15) is 0 Å². The summed E-state index contributed by atoms with van der Waals surface area (Å²) in [5.41, 5.74) is 3.07. The van der Waals surface area contributed by atoms with E-state index in [1.165, 1.54) is 37.7 Å². The molecule has 1 aromatic heterocycles. The molecule has 0 radical (unpaired) electrons. The Bertz CT molecular complexity index is 705. The molecule has 0 saturated heterocycles. The van der Waals surface area contributed by atoms with Crippen LogP contribution < -0.4 is 10.6 Å². The number of hydrogen-bond donors (Lipinski definition) is 2. The summed E-state index contributed by atoms with van der Waals surface area (Å²) in [6.07, 6.45) is 8.26. The zero-order valence-electron chi connectivity index (χ0n) is 15.6. The maximum Gasteiger partial charge on any atom is 0.319 e. The molecule has 0 aliphatic heterocycles. The van der Waals surface area contributed by atoms with Gasteiger partial charge < -0.3 is 15.4 Å². The number of benzene rings is 1. The second-order valence-electron chi connectivity index (χ2n) is 6.94. The number of carbonyl (C=O) groups is 1. The number of methoxy groups -OCH3 is 1. The van der Waals surface area contributed by atoms with Gasteiger partial charge in [-0.15, -0.1) is 0 Å². The minimum Gasteiger partial charge on any atom is -0.382 e. The van der Waals surface area contributed by atoms with Crippen LogP contribution in [0.1, 0.15) is 55.3 Å². The van der Waals surface area contributed by atoms with Gasteiger partial charge in [-0.3, -0.25) is 4.68 Å². The molecule has 3 rings (SSSR count). The highest BCUT2D eigenvalue weighted by molar-refractivity contribution is 5.89. The number of aryl methyl sites for hydroxylation is 1. The first-order valence-electron chi connectivity index (χ1n) is 9.31. The number of nitrogens with zero attached hydrogens (tertiary/aromatic N) is 2. The first-order valence-corrected chi connectivity index (χ1v) is 9.31. The monoisotopic (exact) mass is 356 g/mol. The molecule has 6 heteroatoms. The third-order valence-corrected chi connectivity index (χ3v) is 5.10. The van der Waals surface area contributed by atoms with Crippen molar-refractivity contribution in [3.8, 4) is 0 Å². The lowest BCUT2D eigenvalue weighted by Gasteiger charge is -2.22. The molecule has 2 amide bonds. The zero-order chi connectivity index (χ0) is 18.4. The molecule has 2 N–H and O–H groups in total. The first-order chi connectivity index (χ1) is 12.7. The number of hydrogen-bond acceptors (Lipinski definition) is 3. The van der Waals surface area contributed by atoms with Crippen molar-refractivity contribution in [1.82, 2.24) is 15.1 Å². The van der Waals surface area contributed by atoms with Crippen LogP contribution in [0.3, 0.4) is 0 Å². The Morgan fingerprint density at radius 1 is 1.23 bits per heavy atom. The highest BCUT2D eigenvalue weighted by Crippen LogP contribution is 2.32. The molecule has 26 heavy (non-hydrogen) atoms. The van der Waals surface area contributed by atoms with E-state index in [2.05, 4.69) is 27.9 Å². The number of amides is 2. The predicted octanol–water partition coefficient (Wildman–Crippen LogP) is 3.98. The Hall–Kier alpha value is -2.34. The normalized spacial score (nSPS) is 16.2. The molecular weight excluding hydrogens is 328 g/mol. The summed E-state index contributed by atoms with van der Waals surface area (Å²) in [6, 6.07) is 9.62. The van der Waals surface area contributed by atoms with Crippen molar-refractivity contribution in [3.63, 3.8) is 0 Å². The number of ether oxygens (including phenoxy) is 1. The largest absolute Gasteiger partial charge is 0.382 e. The lowest BCUT2D eigenvalue weighted by molar-refractivity contribution is 0.165. The molecule has 1 aliphatic rings. The van der Waals surface area contributed by atoms with Crippen molar-refractivity contribution >= 4 is 11.7 Å². The van der Waals surface area contributed by atoms with Gasteiger partial charge >= 0.3 is 6.03 Å². The van der Waals surface area contributed by atoms with E-state index < -0.39 is 0 Å². The van der Waals surface area contributed by atoms with Gasteiger partial charge in [-0.1, -0.05) is 31.4 Å². The molecule has 1 fully saturated rings. The Morgan fingerprint density at radius 3 is 2.58 bits per heavy atom. The number of aromatic nitrogens is 2. The van der Waals surface area contributed by atoms with Gasteiger partial charge in [-0.2, -0.15) is 5.10 Å². The van der Waals surface area contributed by atoms with Crippen molar-refractivity contribution in [2.24, 2.45) is 7.05 Å². The van der Waals surface area contributed by atoms with Crippen LogP contribution in [0.15, 0.2) is 36.5 Å². The van der Waals surface area contributed by atoms with Crippen LogP contribution in [-0.4, -0.2) is 29.5 Å². The van der Waals surface area contributed by atoms with Crippen LogP contribution in [0.2, 0.25) is 0 Å². The second kappa shape index (κ2) is 8.85. The van der Waals surface area contributed by atoms with E-state index in [1.54, 1.807) is 18.0 Å². The quantitative estimate of drug-likeness (QED) is 0.823. The summed E-state index contributed by atoms with van der Waals surface area (Å²) < 4.78 is 6.97. The van der Waals surface area contributed by atoms with E-state index in [0.29, 0.717) is 12.5 Å². The topological polar surface area (TPSA) is 68.2 Å². The lowest BCUT2D eigenvalue weighted by Crippen LogP contribution is -2.35. The predicted molar refractivity (Wildman–Crippen MR) is 102 cm³/mol. The molecule has 140 valence electrons. The van der Waals surface area contributed by atoms with E-state index in [9.17, 15) is 4.79 Å². The summed E-state index contributed by atoms with van der Waals surface area (Å²) >= 11 is 0. The van der Waals surface area contributed by atoms with Gasteiger partial charge in [0.2, 0.25) is 0 Å². The average molecular weight is 356 g/mol. The molecule has 1 unspecified atom stereocenters. The van der Waals surface area contributed by atoms with Crippen molar-refractivity contribution < 1.29 is 9.53 Å². The zero-order valence-corrected chi connectivity index (χ0v) is 15.6. The molecule has 6 nitrogen and oxygen atoms in total. The first kappa shape index (κ1) is 18.5. The standard InChI is InChI=1S/C20H28N4O2/c1-24-19(12-13-21-24)18(14-26-2)23-20(25)22-17-10-8-16(9-11-17)15-6-4-3-5-7-15/h8-13,15,18H,3-7,14H2,1-2H3,(H2,22,23,25). The van der Waals surface area contributed by atoms with Crippen LogP contribution in [0.4, 0.5) is 10.5 Å². The van der Waals surface area contributed by atoms with Gasteiger partial charge in [0.05, 0.1) is 18.3 Å². The van der Waals surface area contributed by atoms with Gasteiger partial charge in [0.15, 0.2) is 0 Å². The fraction of sp³-hybridized carbons (Fsp3) is 0.500. The number of carbonyl (C=O) groups excluding carboxylic acids is 1. The van der Waals surface area contributed by atoms with Gasteiger partial charge in [0, 0.05) is 26.0 Å². The Balaban J connectivity index is 1.59. The fourth-order valence-electron chi connectivity index (χ4n) is 3.69. The number of urea groups is 1. The molecule has 1 heterocycles. The van der Waals surface area contributed by atoms with Gasteiger partial charge in [0.25, 0.3) is 0 Å². The van der Waals surface area contributed by atoms with E-state index in [-0.39, 0.29) is 12.1 Å². The minimum atomic E-state index is -0.256. The summed E-state index contributed by atoms with van der Waals surface area (Å²) in [5, 5.41) is 10.0. The molecule has 1 aliphatic carbocycles. The minimum absolute atomic E-state index is 0.251. The van der Waals surface area contributed by atoms with Crippen molar-refractivity contribution in [3.05, 3.63) is 47.8 Å². The molecule has 1 aromatic carbocycles. The summed E-state index contributed by atoms with van der Waals surface area (Å²) in [6.45, 7) is 0.383. The molecule has 1 saturated carbocycles. The van der Waals surface area contributed by atoms with E-state index in [0.717, 1.165) is 11.4 Å². The second-order valence-corrected chi connectivity index (χ2v) is 6.94. The molecule has 2 aromatic rings. The third-order valence-electron chi connectivity index (χ3n) is 5.10. The van der Waals surface area contributed by atoms with Crippen molar-refractivity contribution in [1.29, 1.82) is 0 Å². The fourth-order valence-corrected chi connectivity index (χ4v) is 3.69. The van der Waals surface area contributed by atoms with E-state index in [1.807, 2.05) is 25.2 Å². The number of rotatable bonds is 6. The van der Waals surface area contributed by atoms with Crippen LogP contribution in [-0.2, 0) is 11.8 Å². The highest BCUT2D eigenvalue weighted by Gasteiger charge is 2.18. The van der Waals surface area contributed by atoms with Crippen LogP contribution in [0, 0.1) is 0 Å². The SMILES string of the molecule is COCC(NC(=O)Nc1ccc(C2CCCCC2)cc1)c1ccnn1C. The molecule has 0 spiro atoms. The van der Waals surface area contributed by atoms with Gasteiger partial charge in [-0.05, 0) is 42.5 Å². The molecular formula is C20H28N4O2. The van der Waals surface area contributed by atoms with Crippen LogP contribution >= 0.6 is 0 Å². The van der Waals surface area contributed by atoms with Crippen molar-refractivity contribution in [2.75, 3.05) is 19.0 Å². The van der Waals surface area contributed by atoms with Crippen LogP contribution in [0.25, 0.3) is 0 Å². The summed E-state index contributed by atoms with van der Waals surface area (Å²) in [5.74, 6) is 0.669. The van der Waals surface area contributed by atoms with E-state index in [4.69, 9.17) is 4.74 Å². The van der Waals surface area contributed by atoms with Gasteiger partial charge in [-0.25, -0.2) is 4.79 Å². The molecule has 0 bridgehead atoms. The maximum atomic E-state index is 12.4. The van der Waals surface area contributed by atoms with E-state index >= 15 is 0 Å². The smallest absolute Gasteiger partial charge is 0.319 e. The molecule has 1 atom stereocenters. The summed E-state index contributed by atoms with van der Waals surface area (Å²) in [7, 11) is 3.47. The highest BCUT2D eigenvalue weighted by atomic mass is 16.5. The third kappa shape index (κ3) is 4.64.